The Morgan fingerprint density at radius 1 is 1.35 bits per heavy atom. The van der Waals surface area contributed by atoms with Crippen LogP contribution in [0.25, 0.3) is 0 Å². The lowest BCUT2D eigenvalue weighted by Gasteiger charge is -2.18. The van der Waals surface area contributed by atoms with Crippen LogP contribution in [0.5, 0.6) is 0 Å². The Hall–Kier alpha value is -1.10. The molecular formula is C12H23N3O2. The third-order valence-corrected chi connectivity index (χ3v) is 3.15. The van der Waals surface area contributed by atoms with Crippen molar-refractivity contribution >= 4 is 11.9 Å². The van der Waals surface area contributed by atoms with Crippen molar-refractivity contribution in [3.8, 4) is 0 Å². The van der Waals surface area contributed by atoms with Crippen LogP contribution in [0.15, 0.2) is 0 Å². The van der Waals surface area contributed by atoms with Crippen LogP contribution >= 0.6 is 0 Å². The minimum atomic E-state index is -0.161. The summed E-state index contributed by atoms with van der Waals surface area (Å²) in [5.41, 5.74) is 0. The Balaban J connectivity index is 2.31. The van der Waals surface area contributed by atoms with Crippen molar-refractivity contribution in [3.63, 3.8) is 0 Å². The van der Waals surface area contributed by atoms with E-state index < -0.39 is 0 Å². The van der Waals surface area contributed by atoms with Gasteiger partial charge in [-0.2, -0.15) is 0 Å². The largest absolute Gasteiger partial charge is 0.326 e. The second kappa shape index (κ2) is 6.59. The number of nitrogens with one attached hydrogen (secondary N) is 1. The molecule has 1 heterocycles. The van der Waals surface area contributed by atoms with Gasteiger partial charge in [0.25, 0.3) is 0 Å². The smallest absolute Gasteiger partial charge is 0.318 e. The van der Waals surface area contributed by atoms with Gasteiger partial charge >= 0.3 is 6.03 Å². The van der Waals surface area contributed by atoms with Gasteiger partial charge in [-0.05, 0) is 25.8 Å². The molecule has 0 radical (unpaired) electrons. The van der Waals surface area contributed by atoms with Crippen LogP contribution < -0.4 is 5.32 Å². The van der Waals surface area contributed by atoms with Crippen molar-refractivity contribution in [1.82, 2.24) is 15.1 Å². The van der Waals surface area contributed by atoms with E-state index in [9.17, 15) is 9.59 Å². The van der Waals surface area contributed by atoms with Crippen LogP contribution in [-0.2, 0) is 4.79 Å². The molecule has 1 rings (SSSR count). The van der Waals surface area contributed by atoms with Crippen LogP contribution in [0.4, 0.5) is 4.79 Å². The molecule has 0 saturated carbocycles. The van der Waals surface area contributed by atoms with Gasteiger partial charge < -0.3 is 10.2 Å². The normalized spacial score (nSPS) is 18.1. The zero-order valence-corrected chi connectivity index (χ0v) is 11.0. The minimum absolute atomic E-state index is 0.0750. The fraction of sp³-hybridized carbons (Fsp3) is 0.833. The van der Waals surface area contributed by atoms with E-state index in [4.69, 9.17) is 0 Å². The first-order chi connectivity index (χ1) is 8.10. The molecular weight excluding hydrogens is 218 g/mol. The molecule has 0 spiro atoms. The molecule has 0 aromatic heterocycles. The van der Waals surface area contributed by atoms with Crippen molar-refractivity contribution in [2.45, 2.75) is 39.2 Å². The summed E-state index contributed by atoms with van der Waals surface area (Å²) in [6, 6.07) is 0.331. The molecule has 98 valence electrons. The number of amides is 3. The third-order valence-electron chi connectivity index (χ3n) is 3.15. The molecule has 1 N–H and O–H groups in total. The Kier molecular flexibility index (Phi) is 5.41. The number of urea groups is 1. The van der Waals surface area contributed by atoms with Gasteiger partial charge in [0, 0.05) is 19.6 Å². The number of hydrogen-bond acceptors (Lipinski definition) is 3. The number of hydrogen-bond donors (Lipinski definition) is 1. The van der Waals surface area contributed by atoms with Crippen LogP contribution in [0.3, 0.4) is 0 Å². The van der Waals surface area contributed by atoms with E-state index in [1.54, 1.807) is 7.05 Å². The summed E-state index contributed by atoms with van der Waals surface area (Å²) < 4.78 is 0. The lowest BCUT2D eigenvalue weighted by molar-refractivity contribution is -0.125. The summed E-state index contributed by atoms with van der Waals surface area (Å²) in [5, 5.41) is 3.39. The number of carbonyl (C=O) groups is 2. The standard InChI is InChI=1S/C12H23N3O2/c1-4-10(13-5-2)7-6-8-15-11(16)9-14(3)12(15)17/h10,13H,4-9H2,1-3H3. The van der Waals surface area contributed by atoms with Gasteiger partial charge in [-0.1, -0.05) is 13.8 Å². The molecule has 1 fully saturated rings. The molecule has 3 amide bonds. The van der Waals surface area contributed by atoms with Crippen molar-refractivity contribution in [3.05, 3.63) is 0 Å². The van der Waals surface area contributed by atoms with Gasteiger partial charge in [0.2, 0.25) is 5.91 Å². The van der Waals surface area contributed by atoms with Gasteiger partial charge in [0.05, 0.1) is 0 Å². The predicted molar refractivity (Wildman–Crippen MR) is 66.7 cm³/mol. The summed E-state index contributed by atoms with van der Waals surface area (Å²) in [4.78, 5) is 25.9. The lowest BCUT2D eigenvalue weighted by Crippen LogP contribution is -2.34. The van der Waals surface area contributed by atoms with Gasteiger partial charge in [-0.15, -0.1) is 0 Å². The highest BCUT2D eigenvalue weighted by Gasteiger charge is 2.32. The van der Waals surface area contributed by atoms with E-state index in [1.165, 1.54) is 9.80 Å². The fourth-order valence-electron chi connectivity index (χ4n) is 2.12. The van der Waals surface area contributed by atoms with Crippen LogP contribution in [0, 0.1) is 0 Å². The van der Waals surface area contributed by atoms with Crippen molar-refractivity contribution < 1.29 is 9.59 Å². The Bertz CT molecular complexity index is 281. The molecule has 1 unspecified atom stereocenters. The first-order valence-electron chi connectivity index (χ1n) is 6.39. The highest BCUT2D eigenvalue weighted by atomic mass is 16.2. The first kappa shape index (κ1) is 14.0. The third kappa shape index (κ3) is 3.70. The number of likely N-dealkylation sites (N-methyl/N-ethyl adjacent to an activating group) is 1. The number of carbonyl (C=O) groups excluding carboxylic acids is 2. The van der Waals surface area contributed by atoms with E-state index >= 15 is 0 Å². The zero-order valence-electron chi connectivity index (χ0n) is 11.0. The Labute approximate surface area is 103 Å². The number of imide groups is 1. The van der Waals surface area contributed by atoms with E-state index in [0.717, 1.165) is 25.8 Å². The van der Waals surface area contributed by atoms with E-state index in [1.807, 2.05) is 0 Å². The molecule has 0 aromatic rings. The second-order valence-corrected chi connectivity index (χ2v) is 4.49. The maximum Gasteiger partial charge on any atom is 0.326 e. The second-order valence-electron chi connectivity index (χ2n) is 4.49. The van der Waals surface area contributed by atoms with Crippen LogP contribution in [-0.4, -0.2) is 54.5 Å². The van der Waals surface area contributed by atoms with Gasteiger partial charge in [0.15, 0.2) is 0 Å². The van der Waals surface area contributed by atoms with Gasteiger partial charge in [-0.3, -0.25) is 9.69 Å². The van der Waals surface area contributed by atoms with E-state index in [-0.39, 0.29) is 18.5 Å². The topological polar surface area (TPSA) is 52.7 Å². The lowest BCUT2D eigenvalue weighted by atomic mass is 10.1. The summed E-state index contributed by atoms with van der Waals surface area (Å²) in [6.45, 7) is 5.97. The highest BCUT2D eigenvalue weighted by molar-refractivity contribution is 6.01. The molecule has 1 saturated heterocycles. The summed E-state index contributed by atoms with van der Waals surface area (Å²) in [7, 11) is 1.66. The van der Waals surface area contributed by atoms with E-state index in [2.05, 4.69) is 19.2 Å². The predicted octanol–water partition coefficient (Wildman–Crippen LogP) is 1.05. The van der Waals surface area contributed by atoms with Crippen molar-refractivity contribution in [1.29, 1.82) is 0 Å². The van der Waals surface area contributed by atoms with Crippen LogP contribution in [0.1, 0.15) is 33.1 Å². The SMILES string of the molecule is CCNC(CC)CCCN1C(=O)CN(C)C1=O. The minimum Gasteiger partial charge on any atom is -0.318 e. The molecule has 1 aliphatic heterocycles. The molecule has 5 heteroatoms. The van der Waals surface area contributed by atoms with Gasteiger partial charge in [0.1, 0.15) is 6.54 Å². The molecule has 0 aromatic carbocycles. The van der Waals surface area contributed by atoms with Crippen molar-refractivity contribution in [2.75, 3.05) is 26.7 Å². The monoisotopic (exact) mass is 241 g/mol. The number of nitrogens with zero attached hydrogens (tertiary/aromatic N) is 2. The first-order valence-corrected chi connectivity index (χ1v) is 6.39. The molecule has 17 heavy (non-hydrogen) atoms. The van der Waals surface area contributed by atoms with Crippen molar-refractivity contribution in [2.24, 2.45) is 0 Å². The maximum absolute atomic E-state index is 11.6. The van der Waals surface area contributed by atoms with E-state index in [0.29, 0.717) is 12.6 Å². The Morgan fingerprint density at radius 2 is 2.06 bits per heavy atom. The van der Waals surface area contributed by atoms with Crippen LogP contribution in [0.2, 0.25) is 0 Å². The number of rotatable bonds is 7. The molecule has 0 aliphatic carbocycles. The zero-order chi connectivity index (χ0) is 12.8. The molecule has 5 nitrogen and oxygen atoms in total. The molecule has 0 bridgehead atoms. The molecule has 1 atom stereocenters. The average Bonchev–Trinajstić information content (AvgIpc) is 2.54. The fourth-order valence-corrected chi connectivity index (χ4v) is 2.12. The summed E-state index contributed by atoms with van der Waals surface area (Å²) in [5.74, 6) is -0.0750. The highest BCUT2D eigenvalue weighted by Crippen LogP contribution is 2.10. The maximum atomic E-state index is 11.6. The average molecular weight is 241 g/mol. The quantitative estimate of drug-likeness (QED) is 0.678. The summed E-state index contributed by atoms with van der Waals surface area (Å²) >= 11 is 0. The molecule has 1 aliphatic rings. The Morgan fingerprint density at radius 3 is 2.53 bits per heavy atom. The van der Waals surface area contributed by atoms with Gasteiger partial charge in [-0.25, -0.2) is 4.79 Å². The summed E-state index contributed by atoms with van der Waals surface area (Å²) in [6.07, 6.45) is 2.96.